The van der Waals surface area contributed by atoms with Crippen LogP contribution < -0.4 is 10.6 Å². The molecule has 0 heterocycles. The molecule has 0 radical (unpaired) electrons. The Morgan fingerprint density at radius 1 is 1.00 bits per heavy atom. The largest absolute Gasteiger partial charge is 0.350 e. The first-order valence-corrected chi connectivity index (χ1v) is 7.79. The molecular weight excluding hydrogens is 288 g/mol. The lowest BCUT2D eigenvalue weighted by molar-refractivity contribution is 0.0938. The van der Waals surface area contributed by atoms with Gasteiger partial charge in [-0.3, -0.25) is 9.59 Å². The summed E-state index contributed by atoms with van der Waals surface area (Å²) < 4.78 is 0. The quantitative estimate of drug-likeness (QED) is 0.883. The van der Waals surface area contributed by atoms with Crippen molar-refractivity contribution in [3.63, 3.8) is 0 Å². The minimum atomic E-state index is -0.153. The van der Waals surface area contributed by atoms with Crippen molar-refractivity contribution in [3.05, 3.63) is 65.2 Å². The number of amides is 2. The van der Waals surface area contributed by atoms with Crippen LogP contribution in [0.15, 0.2) is 48.5 Å². The Balaban J connectivity index is 2.04. The molecule has 2 amide bonds. The number of anilines is 1. The summed E-state index contributed by atoms with van der Waals surface area (Å²) in [6, 6.07) is 14.5. The van der Waals surface area contributed by atoms with Crippen molar-refractivity contribution in [2.75, 3.05) is 5.32 Å². The number of hydrogen-bond acceptors (Lipinski definition) is 2. The van der Waals surface area contributed by atoms with Crippen LogP contribution in [0.4, 0.5) is 5.69 Å². The van der Waals surface area contributed by atoms with Crippen LogP contribution >= 0.6 is 0 Å². The van der Waals surface area contributed by atoms with Gasteiger partial charge in [0, 0.05) is 22.9 Å². The first-order chi connectivity index (χ1) is 11.0. The molecule has 2 rings (SSSR count). The highest BCUT2D eigenvalue weighted by atomic mass is 16.2. The Morgan fingerprint density at radius 3 is 2.26 bits per heavy atom. The Hall–Kier alpha value is -2.62. The van der Waals surface area contributed by atoms with Crippen LogP contribution in [-0.2, 0) is 0 Å². The Morgan fingerprint density at radius 2 is 1.65 bits per heavy atom. The van der Waals surface area contributed by atoms with Crippen LogP contribution in [-0.4, -0.2) is 17.9 Å². The van der Waals surface area contributed by atoms with Crippen LogP contribution in [0.2, 0.25) is 0 Å². The Labute approximate surface area is 136 Å². The van der Waals surface area contributed by atoms with Crippen molar-refractivity contribution < 1.29 is 9.59 Å². The average Bonchev–Trinajstić information content (AvgIpc) is 2.55. The van der Waals surface area contributed by atoms with E-state index < -0.39 is 0 Å². The zero-order chi connectivity index (χ0) is 16.8. The SMILES string of the molecule is CC[C@@H](C)NC(=O)c1ccc(NC(=O)c2ccccc2C)cc1. The number of nitrogens with one attached hydrogen (secondary N) is 2. The van der Waals surface area contributed by atoms with E-state index in [0.717, 1.165) is 12.0 Å². The highest BCUT2D eigenvalue weighted by molar-refractivity contribution is 6.05. The predicted molar refractivity (Wildman–Crippen MR) is 92.8 cm³/mol. The molecule has 0 aliphatic carbocycles. The van der Waals surface area contributed by atoms with Crippen LogP contribution in [0.1, 0.15) is 46.5 Å². The number of rotatable bonds is 5. The van der Waals surface area contributed by atoms with Gasteiger partial charge >= 0.3 is 0 Å². The molecule has 1 atom stereocenters. The molecule has 0 aromatic heterocycles. The van der Waals surface area contributed by atoms with E-state index in [1.807, 2.05) is 39.0 Å². The molecule has 4 nitrogen and oxygen atoms in total. The number of carbonyl (C=O) groups is 2. The third-order valence-corrected chi connectivity index (χ3v) is 3.78. The summed E-state index contributed by atoms with van der Waals surface area (Å²) in [6.07, 6.45) is 0.885. The molecular formula is C19H22N2O2. The number of carbonyl (C=O) groups excluding carboxylic acids is 2. The second-order valence-corrected chi connectivity index (χ2v) is 5.63. The lowest BCUT2D eigenvalue weighted by Gasteiger charge is -2.12. The highest BCUT2D eigenvalue weighted by Gasteiger charge is 2.10. The minimum absolute atomic E-state index is 0.101. The standard InChI is InChI=1S/C19H22N2O2/c1-4-14(3)20-18(22)15-9-11-16(12-10-15)21-19(23)17-8-6-5-7-13(17)2/h5-12,14H,4H2,1-3H3,(H,20,22)(H,21,23)/t14-/m1/s1. The maximum Gasteiger partial charge on any atom is 0.255 e. The molecule has 0 bridgehead atoms. The molecule has 0 unspecified atom stereocenters. The molecule has 2 N–H and O–H groups in total. The molecule has 120 valence electrons. The van der Waals surface area contributed by atoms with E-state index in [-0.39, 0.29) is 17.9 Å². The molecule has 4 heteroatoms. The molecule has 0 saturated carbocycles. The predicted octanol–water partition coefficient (Wildman–Crippen LogP) is 3.78. The molecule has 2 aromatic carbocycles. The van der Waals surface area contributed by atoms with Gasteiger partial charge in [0.2, 0.25) is 0 Å². The van der Waals surface area contributed by atoms with Crippen LogP contribution in [0.5, 0.6) is 0 Å². The van der Waals surface area contributed by atoms with Crippen molar-refractivity contribution in [1.82, 2.24) is 5.32 Å². The van der Waals surface area contributed by atoms with Gasteiger partial charge in [0.25, 0.3) is 11.8 Å². The van der Waals surface area contributed by atoms with Gasteiger partial charge in [-0.2, -0.15) is 0 Å². The molecule has 0 spiro atoms. The Bertz CT molecular complexity index is 693. The number of benzene rings is 2. The summed E-state index contributed by atoms with van der Waals surface area (Å²) in [4.78, 5) is 24.3. The number of aryl methyl sites for hydroxylation is 1. The van der Waals surface area contributed by atoms with Crippen molar-refractivity contribution in [1.29, 1.82) is 0 Å². The molecule has 2 aromatic rings. The average molecular weight is 310 g/mol. The lowest BCUT2D eigenvalue weighted by Crippen LogP contribution is -2.31. The highest BCUT2D eigenvalue weighted by Crippen LogP contribution is 2.13. The van der Waals surface area contributed by atoms with E-state index in [0.29, 0.717) is 16.8 Å². The van der Waals surface area contributed by atoms with E-state index in [9.17, 15) is 9.59 Å². The monoisotopic (exact) mass is 310 g/mol. The van der Waals surface area contributed by atoms with Gasteiger partial charge in [-0.05, 0) is 56.2 Å². The Kier molecular flexibility index (Phi) is 5.52. The van der Waals surface area contributed by atoms with E-state index in [4.69, 9.17) is 0 Å². The number of hydrogen-bond donors (Lipinski definition) is 2. The normalized spacial score (nSPS) is 11.6. The molecule has 0 saturated heterocycles. The maximum absolute atomic E-state index is 12.2. The summed E-state index contributed by atoms with van der Waals surface area (Å²) in [5.41, 5.74) is 2.82. The molecule has 23 heavy (non-hydrogen) atoms. The summed E-state index contributed by atoms with van der Waals surface area (Å²) >= 11 is 0. The topological polar surface area (TPSA) is 58.2 Å². The van der Waals surface area contributed by atoms with Gasteiger partial charge in [0.05, 0.1) is 0 Å². The fraction of sp³-hybridized carbons (Fsp3) is 0.263. The van der Waals surface area contributed by atoms with Crippen LogP contribution in [0.25, 0.3) is 0 Å². The van der Waals surface area contributed by atoms with Gasteiger partial charge in [0.15, 0.2) is 0 Å². The zero-order valence-electron chi connectivity index (χ0n) is 13.7. The summed E-state index contributed by atoms with van der Waals surface area (Å²) in [6.45, 7) is 5.89. The van der Waals surface area contributed by atoms with Gasteiger partial charge in [-0.15, -0.1) is 0 Å². The third kappa shape index (κ3) is 4.42. The summed E-state index contributed by atoms with van der Waals surface area (Å²) in [5, 5.41) is 5.76. The fourth-order valence-electron chi connectivity index (χ4n) is 2.14. The molecule has 0 aliphatic rings. The van der Waals surface area contributed by atoms with Crippen LogP contribution in [0.3, 0.4) is 0 Å². The second-order valence-electron chi connectivity index (χ2n) is 5.63. The van der Waals surface area contributed by atoms with Crippen molar-refractivity contribution in [2.45, 2.75) is 33.2 Å². The smallest absolute Gasteiger partial charge is 0.255 e. The summed E-state index contributed by atoms with van der Waals surface area (Å²) in [7, 11) is 0. The third-order valence-electron chi connectivity index (χ3n) is 3.78. The maximum atomic E-state index is 12.2. The van der Waals surface area contributed by atoms with E-state index in [2.05, 4.69) is 10.6 Å². The first kappa shape index (κ1) is 16.7. The zero-order valence-corrected chi connectivity index (χ0v) is 13.7. The van der Waals surface area contributed by atoms with Gasteiger partial charge in [-0.25, -0.2) is 0 Å². The molecule has 0 aliphatic heterocycles. The lowest BCUT2D eigenvalue weighted by atomic mass is 10.1. The van der Waals surface area contributed by atoms with Crippen molar-refractivity contribution in [3.8, 4) is 0 Å². The fourth-order valence-corrected chi connectivity index (χ4v) is 2.14. The van der Waals surface area contributed by atoms with Gasteiger partial charge in [-0.1, -0.05) is 25.1 Å². The first-order valence-electron chi connectivity index (χ1n) is 7.79. The van der Waals surface area contributed by atoms with E-state index in [1.54, 1.807) is 30.3 Å². The van der Waals surface area contributed by atoms with Crippen molar-refractivity contribution >= 4 is 17.5 Å². The van der Waals surface area contributed by atoms with E-state index in [1.165, 1.54) is 0 Å². The van der Waals surface area contributed by atoms with Crippen LogP contribution in [0, 0.1) is 6.92 Å². The van der Waals surface area contributed by atoms with Crippen molar-refractivity contribution in [2.24, 2.45) is 0 Å². The molecule has 0 fully saturated rings. The van der Waals surface area contributed by atoms with E-state index >= 15 is 0 Å². The summed E-state index contributed by atoms with van der Waals surface area (Å²) in [5.74, 6) is -0.254. The minimum Gasteiger partial charge on any atom is -0.350 e. The van der Waals surface area contributed by atoms with Gasteiger partial charge in [0.1, 0.15) is 0 Å². The van der Waals surface area contributed by atoms with Gasteiger partial charge < -0.3 is 10.6 Å². The second kappa shape index (κ2) is 7.58.